The molecule has 1 aliphatic heterocycles. The fourth-order valence-electron chi connectivity index (χ4n) is 3.97. The lowest BCUT2D eigenvalue weighted by Gasteiger charge is -2.20. The minimum atomic E-state index is -0.388. The molecule has 1 atom stereocenters. The highest BCUT2D eigenvalue weighted by molar-refractivity contribution is 5.96. The van der Waals surface area contributed by atoms with E-state index in [2.05, 4.69) is 5.32 Å². The van der Waals surface area contributed by atoms with Crippen molar-refractivity contribution >= 4 is 17.5 Å². The molecule has 1 heterocycles. The highest BCUT2D eigenvalue weighted by atomic mass is 19.1. The fourth-order valence-corrected chi connectivity index (χ4v) is 3.97. The van der Waals surface area contributed by atoms with Gasteiger partial charge in [-0.3, -0.25) is 9.59 Å². The number of carbonyl (C=O) groups is 2. The molecular weight excluding hydrogens is 379 g/mol. The van der Waals surface area contributed by atoms with Crippen LogP contribution in [0.4, 0.5) is 10.1 Å². The Bertz CT molecular complexity index is 984. The van der Waals surface area contributed by atoms with E-state index < -0.39 is 0 Å². The van der Waals surface area contributed by atoms with Gasteiger partial charge in [-0.25, -0.2) is 4.39 Å². The molecule has 3 aromatic carbocycles. The lowest BCUT2D eigenvalue weighted by Crippen LogP contribution is -2.37. The fraction of sp³-hybridized carbons (Fsp3) is 0.200. The number of benzene rings is 3. The molecule has 4 nitrogen and oxygen atoms in total. The number of halogens is 1. The minimum absolute atomic E-state index is 0.0659. The van der Waals surface area contributed by atoms with E-state index in [-0.39, 0.29) is 36.0 Å². The quantitative estimate of drug-likeness (QED) is 0.669. The molecule has 1 N–H and O–H groups in total. The van der Waals surface area contributed by atoms with Gasteiger partial charge in [-0.05, 0) is 29.3 Å². The minimum Gasteiger partial charge on any atom is -0.351 e. The van der Waals surface area contributed by atoms with Gasteiger partial charge in [-0.15, -0.1) is 0 Å². The summed E-state index contributed by atoms with van der Waals surface area (Å²) < 4.78 is 13.5. The predicted molar refractivity (Wildman–Crippen MR) is 115 cm³/mol. The van der Waals surface area contributed by atoms with E-state index in [4.69, 9.17) is 0 Å². The molecule has 0 aliphatic carbocycles. The smallest absolute Gasteiger partial charge is 0.229 e. The lowest BCUT2D eigenvalue weighted by molar-refractivity contribution is -0.122. The molecule has 1 unspecified atom stereocenters. The molecular formula is C25H23FN2O2. The second-order valence-corrected chi connectivity index (χ2v) is 7.53. The molecule has 0 radical (unpaired) electrons. The van der Waals surface area contributed by atoms with Gasteiger partial charge in [0.2, 0.25) is 11.8 Å². The Morgan fingerprint density at radius 1 is 0.967 bits per heavy atom. The Morgan fingerprint density at radius 2 is 1.60 bits per heavy atom. The van der Waals surface area contributed by atoms with E-state index >= 15 is 0 Å². The molecule has 0 spiro atoms. The normalized spacial score (nSPS) is 16.1. The van der Waals surface area contributed by atoms with E-state index in [1.165, 1.54) is 17.0 Å². The standard InChI is InChI=1S/C25H23FN2O2/c26-20-12-7-13-22(14-20)28-17-21(15-25(28)30)27-24(29)16-23(18-8-3-1-4-9-18)19-10-5-2-6-11-19/h1-14,21,23H,15-17H2,(H,27,29). The van der Waals surface area contributed by atoms with Crippen molar-refractivity contribution in [3.8, 4) is 0 Å². The van der Waals surface area contributed by atoms with E-state index in [1.807, 2.05) is 60.7 Å². The van der Waals surface area contributed by atoms with E-state index in [1.54, 1.807) is 12.1 Å². The summed E-state index contributed by atoms with van der Waals surface area (Å²) in [5.74, 6) is -0.676. The molecule has 4 rings (SSSR count). The molecule has 0 bridgehead atoms. The third-order valence-corrected chi connectivity index (χ3v) is 5.40. The summed E-state index contributed by atoms with van der Waals surface area (Å²) in [6.07, 6.45) is 0.502. The molecule has 2 amide bonds. The highest BCUT2D eigenvalue weighted by Gasteiger charge is 2.32. The van der Waals surface area contributed by atoms with Gasteiger partial charge in [0.05, 0.1) is 6.04 Å². The van der Waals surface area contributed by atoms with Crippen LogP contribution in [0.3, 0.4) is 0 Å². The van der Waals surface area contributed by atoms with Crippen LogP contribution in [-0.2, 0) is 9.59 Å². The van der Waals surface area contributed by atoms with Crippen molar-refractivity contribution in [3.05, 3.63) is 102 Å². The summed E-state index contributed by atoms with van der Waals surface area (Å²) in [4.78, 5) is 26.8. The van der Waals surface area contributed by atoms with Gasteiger partial charge in [0.15, 0.2) is 0 Å². The van der Waals surface area contributed by atoms with E-state index in [9.17, 15) is 14.0 Å². The second-order valence-electron chi connectivity index (χ2n) is 7.53. The molecule has 1 saturated heterocycles. The van der Waals surface area contributed by atoms with Crippen LogP contribution in [-0.4, -0.2) is 24.4 Å². The predicted octanol–water partition coefficient (Wildman–Crippen LogP) is 4.27. The molecule has 1 fully saturated rings. The summed E-state index contributed by atoms with van der Waals surface area (Å²) in [7, 11) is 0. The monoisotopic (exact) mass is 402 g/mol. The van der Waals surface area contributed by atoms with Crippen LogP contribution in [0.5, 0.6) is 0 Å². The van der Waals surface area contributed by atoms with Crippen molar-refractivity contribution in [1.29, 1.82) is 0 Å². The molecule has 3 aromatic rings. The first kappa shape index (κ1) is 19.8. The van der Waals surface area contributed by atoms with Gasteiger partial charge in [0, 0.05) is 31.0 Å². The average molecular weight is 402 g/mol. The maximum absolute atomic E-state index is 13.5. The van der Waals surface area contributed by atoms with Gasteiger partial charge in [0.1, 0.15) is 5.82 Å². The van der Waals surface area contributed by atoms with Crippen LogP contribution < -0.4 is 10.2 Å². The zero-order valence-corrected chi connectivity index (χ0v) is 16.5. The number of rotatable bonds is 6. The zero-order chi connectivity index (χ0) is 20.9. The third kappa shape index (κ3) is 4.57. The molecule has 152 valence electrons. The third-order valence-electron chi connectivity index (χ3n) is 5.40. The van der Waals surface area contributed by atoms with Crippen LogP contribution >= 0.6 is 0 Å². The largest absolute Gasteiger partial charge is 0.351 e. The average Bonchev–Trinajstić information content (AvgIpc) is 3.13. The van der Waals surface area contributed by atoms with Gasteiger partial charge >= 0.3 is 0 Å². The molecule has 30 heavy (non-hydrogen) atoms. The van der Waals surface area contributed by atoms with E-state index in [0.29, 0.717) is 18.7 Å². The first-order valence-electron chi connectivity index (χ1n) is 10.1. The summed E-state index contributed by atoms with van der Waals surface area (Å²) in [5, 5.41) is 3.00. The van der Waals surface area contributed by atoms with Crippen molar-refractivity contribution < 1.29 is 14.0 Å². The maximum Gasteiger partial charge on any atom is 0.229 e. The van der Waals surface area contributed by atoms with Crippen molar-refractivity contribution in [1.82, 2.24) is 5.32 Å². The zero-order valence-electron chi connectivity index (χ0n) is 16.5. The topological polar surface area (TPSA) is 49.4 Å². The maximum atomic E-state index is 13.5. The van der Waals surface area contributed by atoms with Gasteiger partial charge in [-0.2, -0.15) is 0 Å². The number of amides is 2. The number of anilines is 1. The molecule has 0 saturated carbocycles. The van der Waals surface area contributed by atoms with Crippen LogP contribution in [0.25, 0.3) is 0 Å². The van der Waals surface area contributed by atoms with Gasteiger partial charge in [-0.1, -0.05) is 66.7 Å². The summed E-state index contributed by atoms with van der Waals surface area (Å²) in [6.45, 7) is 0.343. The van der Waals surface area contributed by atoms with E-state index in [0.717, 1.165) is 11.1 Å². The van der Waals surface area contributed by atoms with Crippen molar-refractivity contribution in [3.63, 3.8) is 0 Å². The Balaban J connectivity index is 1.45. The number of hydrogen-bond acceptors (Lipinski definition) is 2. The molecule has 0 aromatic heterocycles. The number of nitrogens with one attached hydrogen (secondary N) is 1. The SMILES string of the molecule is O=C(CC(c1ccccc1)c1ccccc1)NC1CC(=O)N(c2cccc(F)c2)C1. The van der Waals surface area contributed by atoms with Crippen LogP contribution in [0, 0.1) is 5.82 Å². The van der Waals surface area contributed by atoms with Crippen molar-refractivity contribution in [2.45, 2.75) is 24.8 Å². The van der Waals surface area contributed by atoms with Gasteiger partial charge in [0.25, 0.3) is 0 Å². The summed E-state index contributed by atoms with van der Waals surface area (Å²) >= 11 is 0. The first-order valence-corrected chi connectivity index (χ1v) is 10.1. The number of hydrogen-bond donors (Lipinski definition) is 1. The Labute approximate surface area is 175 Å². The van der Waals surface area contributed by atoms with Crippen LogP contribution in [0.1, 0.15) is 29.9 Å². The van der Waals surface area contributed by atoms with Crippen molar-refractivity contribution in [2.24, 2.45) is 0 Å². The highest BCUT2D eigenvalue weighted by Crippen LogP contribution is 2.28. The first-order chi connectivity index (χ1) is 14.6. The van der Waals surface area contributed by atoms with Gasteiger partial charge < -0.3 is 10.2 Å². The second kappa shape index (κ2) is 8.91. The summed E-state index contributed by atoms with van der Waals surface area (Å²) in [6, 6.07) is 25.5. The summed E-state index contributed by atoms with van der Waals surface area (Å²) in [5.41, 5.74) is 2.66. The molecule has 1 aliphatic rings. The van der Waals surface area contributed by atoms with Crippen molar-refractivity contribution in [2.75, 3.05) is 11.4 Å². The lowest BCUT2D eigenvalue weighted by atomic mass is 9.88. The number of nitrogens with zero attached hydrogens (tertiary/aromatic N) is 1. The molecule has 5 heteroatoms. The Morgan fingerprint density at radius 3 is 2.20 bits per heavy atom. The van der Waals surface area contributed by atoms with Crippen LogP contribution in [0.15, 0.2) is 84.9 Å². The number of carbonyl (C=O) groups excluding carboxylic acids is 2. The van der Waals surface area contributed by atoms with Crippen LogP contribution in [0.2, 0.25) is 0 Å². The Hall–Kier alpha value is -3.47. The Kier molecular flexibility index (Phi) is 5.89.